The molecule has 8 aromatic heterocycles. The van der Waals surface area contributed by atoms with Crippen molar-refractivity contribution in [2.24, 2.45) is 0 Å². The van der Waals surface area contributed by atoms with Crippen molar-refractivity contribution in [1.29, 1.82) is 0 Å². The van der Waals surface area contributed by atoms with Crippen LogP contribution in [0.15, 0.2) is 131 Å². The van der Waals surface area contributed by atoms with Crippen LogP contribution in [-0.2, 0) is 0 Å². The van der Waals surface area contributed by atoms with Gasteiger partial charge in [-0.25, -0.2) is 9.97 Å². The standard InChI is InChI=1S/C38H20N6O2/c1-3-24-28-19-39-15-11-30(28)43(37(24)41-13-1)21-5-8-32-26(17-21)23-7-10-34-35(36(23)46-32)27-18-22(6-9-33(27)45-34)44-31-12-16-40-20-29(31)25-4-2-14-42-38(25)44/h1-20H. The zero-order chi connectivity index (χ0) is 29.9. The highest BCUT2D eigenvalue weighted by atomic mass is 16.3. The average Bonchev–Trinajstić information content (AvgIpc) is 3.85. The Labute approximate surface area is 258 Å². The number of rotatable bonds is 2. The predicted molar refractivity (Wildman–Crippen MR) is 181 cm³/mol. The van der Waals surface area contributed by atoms with Crippen molar-refractivity contribution in [2.75, 3.05) is 0 Å². The summed E-state index contributed by atoms with van der Waals surface area (Å²) in [4.78, 5) is 18.3. The van der Waals surface area contributed by atoms with Crippen molar-refractivity contribution in [3.63, 3.8) is 0 Å². The van der Waals surface area contributed by atoms with E-state index in [0.29, 0.717) is 0 Å². The highest BCUT2D eigenvalue weighted by Gasteiger charge is 2.20. The van der Waals surface area contributed by atoms with E-state index in [1.807, 2.05) is 79.6 Å². The van der Waals surface area contributed by atoms with Gasteiger partial charge >= 0.3 is 0 Å². The van der Waals surface area contributed by atoms with Crippen molar-refractivity contribution in [3.8, 4) is 11.4 Å². The first-order chi connectivity index (χ1) is 22.8. The summed E-state index contributed by atoms with van der Waals surface area (Å²) in [5.74, 6) is 0. The number of benzene rings is 3. The molecule has 0 aliphatic heterocycles. The van der Waals surface area contributed by atoms with Crippen molar-refractivity contribution in [3.05, 3.63) is 122 Å². The maximum Gasteiger partial charge on any atom is 0.147 e. The van der Waals surface area contributed by atoms with Crippen LogP contribution < -0.4 is 0 Å². The molecular formula is C38H20N6O2. The summed E-state index contributed by atoms with van der Waals surface area (Å²) in [7, 11) is 0. The van der Waals surface area contributed by atoms with E-state index < -0.39 is 0 Å². The molecule has 3 aromatic carbocycles. The summed E-state index contributed by atoms with van der Waals surface area (Å²) in [5.41, 5.74) is 9.07. The molecule has 0 saturated heterocycles. The Morgan fingerprint density at radius 1 is 0.457 bits per heavy atom. The van der Waals surface area contributed by atoms with E-state index in [9.17, 15) is 0 Å². The second kappa shape index (κ2) is 8.55. The van der Waals surface area contributed by atoms with Crippen molar-refractivity contribution in [1.82, 2.24) is 29.1 Å². The maximum absolute atomic E-state index is 6.63. The minimum absolute atomic E-state index is 0.780. The molecule has 214 valence electrons. The molecule has 11 rings (SSSR count). The van der Waals surface area contributed by atoms with Crippen LogP contribution in [0.4, 0.5) is 0 Å². The van der Waals surface area contributed by atoms with Gasteiger partial charge < -0.3 is 8.83 Å². The molecular weight excluding hydrogens is 572 g/mol. The molecule has 0 bridgehead atoms. The van der Waals surface area contributed by atoms with Gasteiger partial charge in [0.25, 0.3) is 0 Å². The summed E-state index contributed by atoms with van der Waals surface area (Å²) >= 11 is 0. The molecule has 0 fully saturated rings. The van der Waals surface area contributed by atoms with Crippen LogP contribution in [0.5, 0.6) is 0 Å². The van der Waals surface area contributed by atoms with Gasteiger partial charge in [-0.2, -0.15) is 0 Å². The third-order valence-electron chi connectivity index (χ3n) is 9.21. The predicted octanol–water partition coefficient (Wildman–Crippen LogP) is 9.26. The van der Waals surface area contributed by atoms with Crippen LogP contribution in [0.3, 0.4) is 0 Å². The number of hydrogen-bond donors (Lipinski definition) is 0. The summed E-state index contributed by atoms with van der Waals surface area (Å²) in [6, 6.07) is 28.9. The highest BCUT2D eigenvalue weighted by Crippen LogP contribution is 2.41. The Balaban J connectivity index is 1.17. The van der Waals surface area contributed by atoms with E-state index in [4.69, 9.17) is 18.8 Å². The molecule has 46 heavy (non-hydrogen) atoms. The van der Waals surface area contributed by atoms with Crippen LogP contribution in [0, 0.1) is 0 Å². The van der Waals surface area contributed by atoms with Crippen LogP contribution >= 0.6 is 0 Å². The van der Waals surface area contributed by atoms with Gasteiger partial charge in [0.05, 0.1) is 16.4 Å². The first-order valence-electron chi connectivity index (χ1n) is 15.0. The topological polar surface area (TPSA) is 87.7 Å². The molecule has 0 saturated carbocycles. The number of fused-ring (bicyclic) bond motifs is 13. The molecule has 0 unspecified atom stereocenters. The molecule has 11 aromatic rings. The van der Waals surface area contributed by atoms with E-state index in [1.165, 1.54) is 0 Å². The lowest BCUT2D eigenvalue weighted by Crippen LogP contribution is -1.95. The van der Waals surface area contributed by atoms with Gasteiger partial charge in [-0.15, -0.1) is 0 Å². The third kappa shape index (κ3) is 3.02. The molecule has 0 aliphatic carbocycles. The van der Waals surface area contributed by atoms with E-state index in [1.54, 1.807) is 0 Å². The summed E-state index contributed by atoms with van der Waals surface area (Å²) in [6.45, 7) is 0. The third-order valence-corrected chi connectivity index (χ3v) is 9.21. The molecule has 0 spiro atoms. The first kappa shape index (κ1) is 23.9. The highest BCUT2D eigenvalue weighted by molar-refractivity contribution is 6.22. The Hall–Kier alpha value is -6.54. The number of nitrogens with zero attached hydrogens (tertiary/aromatic N) is 6. The summed E-state index contributed by atoms with van der Waals surface area (Å²) < 4.78 is 17.4. The number of hydrogen-bond acceptors (Lipinski definition) is 6. The second-order valence-corrected chi connectivity index (χ2v) is 11.6. The fourth-order valence-corrected chi connectivity index (χ4v) is 7.25. The lowest BCUT2D eigenvalue weighted by atomic mass is 10.1. The van der Waals surface area contributed by atoms with Crippen molar-refractivity contribution in [2.45, 2.75) is 0 Å². The van der Waals surface area contributed by atoms with Gasteiger partial charge in [-0.3, -0.25) is 19.1 Å². The van der Waals surface area contributed by atoms with Gasteiger partial charge in [0, 0.05) is 86.3 Å². The molecule has 0 aliphatic rings. The molecule has 8 heteroatoms. The normalized spacial score (nSPS) is 12.3. The minimum atomic E-state index is 0.780. The Kier molecular flexibility index (Phi) is 4.43. The zero-order valence-electron chi connectivity index (χ0n) is 24.0. The number of pyridine rings is 4. The van der Waals surface area contributed by atoms with Crippen LogP contribution in [0.1, 0.15) is 0 Å². The smallest absolute Gasteiger partial charge is 0.147 e. The van der Waals surface area contributed by atoms with Gasteiger partial charge in [0.2, 0.25) is 0 Å². The Morgan fingerprint density at radius 3 is 1.70 bits per heavy atom. The van der Waals surface area contributed by atoms with Gasteiger partial charge in [-0.05, 0) is 84.9 Å². The molecule has 0 N–H and O–H groups in total. The van der Waals surface area contributed by atoms with E-state index in [0.717, 1.165) is 99.1 Å². The molecule has 8 nitrogen and oxygen atoms in total. The molecule has 8 heterocycles. The van der Waals surface area contributed by atoms with Crippen LogP contribution in [-0.4, -0.2) is 29.1 Å². The van der Waals surface area contributed by atoms with Crippen LogP contribution in [0.25, 0.3) is 99.1 Å². The molecule has 0 amide bonds. The van der Waals surface area contributed by atoms with Crippen molar-refractivity contribution < 1.29 is 8.83 Å². The monoisotopic (exact) mass is 592 g/mol. The van der Waals surface area contributed by atoms with Gasteiger partial charge in [0.15, 0.2) is 0 Å². The maximum atomic E-state index is 6.63. The van der Waals surface area contributed by atoms with Gasteiger partial charge in [0.1, 0.15) is 33.6 Å². The van der Waals surface area contributed by atoms with E-state index in [-0.39, 0.29) is 0 Å². The minimum Gasteiger partial charge on any atom is -0.456 e. The number of furan rings is 2. The van der Waals surface area contributed by atoms with Gasteiger partial charge in [-0.1, -0.05) is 0 Å². The first-order valence-corrected chi connectivity index (χ1v) is 15.0. The zero-order valence-corrected chi connectivity index (χ0v) is 24.0. The largest absolute Gasteiger partial charge is 0.456 e. The van der Waals surface area contributed by atoms with Crippen LogP contribution in [0.2, 0.25) is 0 Å². The van der Waals surface area contributed by atoms with E-state index in [2.05, 4.69) is 61.6 Å². The SMILES string of the molecule is c1cnc2c(c1)c1cnccc1n2-c1ccc2oc3c(ccc4oc5ccc(-n6c7ccncc7c7cccnc76)cc5c43)c2c1. The lowest BCUT2D eigenvalue weighted by Gasteiger charge is -2.07. The van der Waals surface area contributed by atoms with Crippen molar-refractivity contribution >= 4 is 87.7 Å². The quantitative estimate of drug-likeness (QED) is 0.199. The molecule has 0 atom stereocenters. The second-order valence-electron chi connectivity index (χ2n) is 11.6. The Morgan fingerprint density at radius 2 is 1.04 bits per heavy atom. The summed E-state index contributed by atoms with van der Waals surface area (Å²) in [5, 5.41) is 8.25. The lowest BCUT2D eigenvalue weighted by molar-refractivity contribution is 0.662. The average molecular weight is 593 g/mol. The van der Waals surface area contributed by atoms with E-state index >= 15 is 0 Å². The fourth-order valence-electron chi connectivity index (χ4n) is 7.25. The molecule has 0 radical (unpaired) electrons. The Bertz CT molecular complexity index is 2950. The fraction of sp³-hybridized carbons (Fsp3) is 0. The number of aromatic nitrogens is 6. The summed E-state index contributed by atoms with van der Waals surface area (Å²) in [6.07, 6.45) is 11.1.